The Labute approximate surface area is 148 Å². The van der Waals surface area contributed by atoms with Gasteiger partial charge < -0.3 is 19.5 Å². The first-order valence-electron chi connectivity index (χ1n) is 8.42. The minimum Gasteiger partial charge on any atom is -0.493 e. The normalized spacial score (nSPS) is 20.5. The second-order valence-electron chi connectivity index (χ2n) is 6.21. The van der Waals surface area contributed by atoms with E-state index in [0.717, 1.165) is 5.56 Å². The molecule has 1 aromatic rings. The second-order valence-corrected chi connectivity index (χ2v) is 6.21. The van der Waals surface area contributed by atoms with Crippen molar-refractivity contribution in [3.63, 3.8) is 0 Å². The van der Waals surface area contributed by atoms with Crippen LogP contribution < -0.4 is 9.47 Å². The van der Waals surface area contributed by atoms with E-state index in [1.54, 1.807) is 18.1 Å². The number of carbonyl (C=O) groups is 2. The Balaban J connectivity index is 2.02. The number of aliphatic carboxylic acids is 1. The van der Waals surface area contributed by atoms with Gasteiger partial charge in [-0.15, -0.1) is 0 Å². The van der Waals surface area contributed by atoms with Gasteiger partial charge in [-0.05, 0) is 44.4 Å². The predicted molar refractivity (Wildman–Crippen MR) is 94.7 cm³/mol. The van der Waals surface area contributed by atoms with Crippen molar-refractivity contribution in [3.8, 4) is 11.5 Å². The predicted octanol–water partition coefficient (Wildman–Crippen LogP) is 2.82. The number of carbonyl (C=O) groups excluding carboxylic acids is 1. The van der Waals surface area contributed by atoms with Crippen LogP contribution in [0.3, 0.4) is 0 Å². The fraction of sp³-hybridized carbons (Fsp3) is 0.474. The molecular formula is C19H25NO5. The van der Waals surface area contributed by atoms with Gasteiger partial charge in [0.15, 0.2) is 18.1 Å². The number of allylic oxidation sites excluding steroid dienone is 1. The molecule has 1 heterocycles. The van der Waals surface area contributed by atoms with Crippen LogP contribution in [0.5, 0.6) is 11.5 Å². The molecule has 0 spiro atoms. The highest BCUT2D eigenvalue weighted by molar-refractivity contribution is 5.79. The lowest BCUT2D eigenvalue weighted by atomic mass is 9.93. The van der Waals surface area contributed by atoms with E-state index >= 15 is 0 Å². The molecule has 6 nitrogen and oxygen atoms in total. The Morgan fingerprint density at radius 2 is 2.08 bits per heavy atom. The summed E-state index contributed by atoms with van der Waals surface area (Å²) in [4.78, 5) is 25.3. The van der Waals surface area contributed by atoms with Crippen molar-refractivity contribution in [3.05, 3.63) is 29.8 Å². The van der Waals surface area contributed by atoms with Crippen LogP contribution in [0.4, 0.5) is 0 Å². The first-order chi connectivity index (χ1) is 12.0. The third-order valence-electron chi connectivity index (χ3n) is 4.45. The quantitative estimate of drug-likeness (QED) is 0.856. The molecule has 6 heteroatoms. The number of likely N-dealkylation sites (tertiary alicyclic amines) is 1. The Hall–Kier alpha value is -2.50. The first kappa shape index (κ1) is 18.8. The van der Waals surface area contributed by atoms with Crippen LogP contribution in [-0.4, -0.2) is 48.2 Å². The van der Waals surface area contributed by atoms with Gasteiger partial charge in [0.25, 0.3) is 5.91 Å². The molecule has 25 heavy (non-hydrogen) atoms. The van der Waals surface area contributed by atoms with Crippen molar-refractivity contribution in [1.82, 2.24) is 4.90 Å². The summed E-state index contributed by atoms with van der Waals surface area (Å²) in [5.74, 6) is -0.526. The lowest BCUT2D eigenvalue weighted by Crippen LogP contribution is -2.49. The van der Waals surface area contributed by atoms with Gasteiger partial charge in [-0.1, -0.05) is 18.2 Å². The smallest absolute Gasteiger partial charge is 0.308 e. The summed E-state index contributed by atoms with van der Waals surface area (Å²) >= 11 is 0. The summed E-state index contributed by atoms with van der Waals surface area (Å²) in [6.45, 7) is 3.95. The van der Waals surface area contributed by atoms with Gasteiger partial charge in [0.2, 0.25) is 0 Å². The standard InChI is InChI=1S/C19H25NO5/c1-4-5-14-7-9-16(17(10-14)24-3)25-12-18(21)20-11-15(19(22)23)8-6-13(20)2/h4-5,7,9-10,13,15H,6,8,11-12H2,1-3H3,(H,22,23)/b5-4+. The number of rotatable bonds is 6. The van der Waals surface area contributed by atoms with Crippen molar-refractivity contribution in [2.45, 2.75) is 32.7 Å². The zero-order chi connectivity index (χ0) is 18.4. The molecule has 2 unspecified atom stereocenters. The zero-order valence-corrected chi connectivity index (χ0v) is 14.9. The molecule has 1 amide bonds. The second kappa shape index (κ2) is 8.55. The number of ether oxygens (including phenoxy) is 2. The van der Waals surface area contributed by atoms with Gasteiger partial charge >= 0.3 is 5.97 Å². The maximum atomic E-state index is 12.5. The zero-order valence-electron chi connectivity index (χ0n) is 14.9. The topological polar surface area (TPSA) is 76.1 Å². The van der Waals surface area contributed by atoms with Crippen LogP contribution in [0.1, 0.15) is 32.3 Å². The van der Waals surface area contributed by atoms with E-state index < -0.39 is 11.9 Å². The number of piperidine rings is 1. The number of amides is 1. The summed E-state index contributed by atoms with van der Waals surface area (Å²) in [5.41, 5.74) is 0.979. The molecule has 0 radical (unpaired) electrons. The van der Waals surface area contributed by atoms with E-state index in [1.807, 2.05) is 38.1 Å². The number of carboxylic acids is 1. The highest BCUT2D eigenvalue weighted by Gasteiger charge is 2.32. The molecule has 1 fully saturated rings. The van der Waals surface area contributed by atoms with Gasteiger partial charge in [-0.2, -0.15) is 0 Å². The van der Waals surface area contributed by atoms with Crippen LogP contribution >= 0.6 is 0 Å². The molecule has 1 aliphatic rings. The number of methoxy groups -OCH3 is 1. The highest BCUT2D eigenvalue weighted by Crippen LogP contribution is 2.29. The first-order valence-corrected chi connectivity index (χ1v) is 8.42. The van der Waals surface area contributed by atoms with E-state index in [4.69, 9.17) is 9.47 Å². The molecule has 0 saturated carbocycles. The van der Waals surface area contributed by atoms with E-state index in [1.165, 1.54) is 0 Å². The molecule has 2 rings (SSSR count). The van der Waals surface area contributed by atoms with Gasteiger partial charge in [-0.3, -0.25) is 9.59 Å². The Bertz CT molecular complexity index is 655. The Morgan fingerprint density at radius 3 is 2.72 bits per heavy atom. The van der Waals surface area contributed by atoms with E-state index in [-0.39, 0.29) is 25.1 Å². The minimum absolute atomic E-state index is 0.0191. The summed E-state index contributed by atoms with van der Waals surface area (Å²) in [6.07, 6.45) is 5.15. The Morgan fingerprint density at radius 1 is 1.32 bits per heavy atom. The maximum absolute atomic E-state index is 12.5. The SMILES string of the molecule is C/C=C/c1ccc(OCC(=O)N2CC(C(=O)O)CCC2C)c(OC)c1. The number of carboxylic acid groups (broad SMARTS) is 1. The maximum Gasteiger partial charge on any atom is 0.308 e. The van der Waals surface area contributed by atoms with Crippen LogP contribution in [-0.2, 0) is 9.59 Å². The number of hydrogen-bond acceptors (Lipinski definition) is 4. The third-order valence-corrected chi connectivity index (χ3v) is 4.45. The lowest BCUT2D eigenvalue weighted by Gasteiger charge is -2.36. The lowest BCUT2D eigenvalue weighted by molar-refractivity contribution is -0.147. The summed E-state index contributed by atoms with van der Waals surface area (Å²) < 4.78 is 11.0. The van der Waals surface area contributed by atoms with Crippen LogP contribution in [0.25, 0.3) is 6.08 Å². The molecule has 1 N–H and O–H groups in total. The van der Waals surface area contributed by atoms with Crippen LogP contribution in [0, 0.1) is 5.92 Å². The highest BCUT2D eigenvalue weighted by atomic mass is 16.5. The van der Waals surface area contributed by atoms with Crippen molar-refractivity contribution in [2.75, 3.05) is 20.3 Å². The molecule has 0 bridgehead atoms. The average Bonchev–Trinajstić information content (AvgIpc) is 2.60. The fourth-order valence-corrected chi connectivity index (χ4v) is 2.98. The van der Waals surface area contributed by atoms with Crippen LogP contribution in [0.2, 0.25) is 0 Å². The van der Waals surface area contributed by atoms with Crippen molar-refractivity contribution in [1.29, 1.82) is 0 Å². The average molecular weight is 347 g/mol. The molecule has 1 aliphatic heterocycles. The molecule has 1 saturated heterocycles. The van der Waals surface area contributed by atoms with Gasteiger partial charge in [0, 0.05) is 12.6 Å². The minimum atomic E-state index is -0.855. The summed E-state index contributed by atoms with van der Waals surface area (Å²) in [5, 5.41) is 9.18. The molecule has 0 aliphatic carbocycles. The Kier molecular flexibility index (Phi) is 6.44. The monoisotopic (exact) mass is 347 g/mol. The van der Waals surface area contributed by atoms with E-state index in [9.17, 15) is 14.7 Å². The number of hydrogen-bond donors (Lipinski definition) is 1. The van der Waals surface area contributed by atoms with Crippen molar-refractivity contribution < 1.29 is 24.2 Å². The van der Waals surface area contributed by atoms with Crippen molar-refractivity contribution >= 4 is 18.0 Å². The summed E-state index contributed by atoms with van der Waals surface area (Å²) in [7, 11) is 1.55. The van der Waals surface area contributed by atoms with Gasteiger partial charge in [-0.25, -0.2) is 0 Å². The fourth-order valence-electron chi connectivity index (χ4n) is 2.98. The molecule has 0 aromatic heterocycles. The summed E-state index contributed by atoms with van der Waals surface area (Å²) in [6, 6.07) is 5.50. The molecule has 1 aromatic carbocycles. The molecular weight excluding hydrogens is 322 g/mol. The van der Waals surface area contributed by atoms with Crippen molar-refractivity contribution in [2.24, 2.45) is 5.92 Å². The number of nitrogens with zero attached hydrogens (tertiary/aromatic N) is 1. The largest absolute Gasteiger partial charge is 0.493 e. The molecule has 136 valence electrons. The van der Waals surface area contributed by atoms with Gasteiger partial charge in [0.1, 0.15) is 0 Å². The number of benzene rings is 1. The van der Waals surface area contributed by atoms with Gasteiger partial charge in [0.05, 0.1) is 13.0 Å². The van der Waals surface area contributed by atoms with E-state index in [0.29, 0.717) is 24.3 Å². The van der Waals surface area contributed by atoms with E-state index in [2.05, 4.69) is 0 Å². The molecule has 2 atom stereocenters. The van der Waals surface area contributed by atoms with Crippen LogP contribution in [0.15, 0.2) is 24.3 Å². The third kappa shape index (κ3) is 4.75.